The zero-order chi connectivity index (χ0) is 9.84. The zero-order valence-electron chi connectivity index (χ0n) is 8.06. The van der Waals surface area contributed by atoms with E-state index in [0.717, 1.165) is 16.6 Å². The van der Waals surface area contributed by atoms with Gasteiger partial charge in [0.05, 0.1) is 16.7 Å². The molecule has 2 rings (SSSR count). The lowest BCUT2D eigenvalue weighted by Gasteiger charge is -1.89. The number of aromatic amines is 1. The summed E-state index contributed by atoms with van der Waals surface area (Å²) in [6.45, 7) is 6.00. The van der Waals surface area contributed by atoms with E-state index in [9.17, 15) is 0 Å². The van der Waals surface area contributed by atoms with Crippen molar-refractivity contribution in [3.63, 3.8) is 0 Å². The Morgan fingerprint density at radius 2 is 2.00 bits per heavy atom. The minimum atomic E-state index is 0.701. The largest absolute Gasteiger partial charge is 0.357 e. The molecule has 0 aliphatic heterocycles. The van der Waals surface area contributed by atoms with Crippen LogP contribution >= 0.6 is 11.6 Å². The van der Waals surface area contributed by atoms with Gasteiger partial charge in [0.25, 0.3) is 0 Å². The van der Waals surface area contributed by atoms with Crippen LogP contribution in [0.4, 0.5) is 0 Å². The standard InChI is InChI=1S/C8H7ClN2.C2H6/c1-5-2-6-7(9)3-10-4-8(6)11-5;1-2/h2-4,11H,1H3;1-2H3. The van der Waals surface area contributed by atoms with Gasteiger partial charge in [0.2, 0.25) is 0 Å². The fourth-order valence-corrected chi connectivity index (χ4v) is 1.37. The number of rotatable bonds is 0. The molecule has 0 radical (unpaired) electrons. The molecule has 0 unspecified atom stereocenters. The van der Waals surface area contributed by atoms with E-state index in [1.165, 1.54) is 0 Å². The van der Waals surface area contributed by atoms with Crippen molar-refractivity contribution in [2.45, 2.75) is 20.8 Å². The number of hydrogen-bond donors (Lipinski definition) is 1. The quantitative estimate of drug-likeness (QED) is 0.686. The van der Waals surface area contributed by atoms with Crippen LogP contribution in [0.1, 0.15) is 19.5 Å². The monoisotopic (exact) mass is 196 g/mol. The Kier molecular flexibility index (Phi) is 3.32. The Hall–Kier alpha value is -1.02. The van der Waals surface area contributed by atoms with Crippen LogP contribution in [-0.4, -0.2) is 9.97 Å². The van der Waals surface area contributed by atoms with Gasteiger partial charge < -0.3 is 4.98 Å². The summed E-state index contributed by atoms with van der Waals surface area (Å²) in [5.41, 5.74) is 2.10. The second kappa shape index (κ2) is 4.28. The van der Waals surface area contributed by atoms with E-state index in [4.69, 9.17) is 11.6 Å². The maximum absolute atomic E-state index is 5.89. The average molecular weight is 197 g/mol. The van der Waals surface area contributed by atoms with Crippen molar-refractivity contribution < 1.29 is 0 Å². The van der Waals surface area contributed by atoms with Crippen molar-refractivity contribution in [3.05, 3.63) is 29.2 Å². The van der Waals surface area contributed by atoms with Gasteiger partial charge in [-0.3, -0.25) is 4.98 Å². The van der Waals surface area contributed by atoms with Crippen molar-refractivity contribution in [3.8, 4) is 0 Å². The third-order valence-corrected chi connectivity index (χ3v) is 1.93. The van der Waals surface area contributed by atoms with E-state index in [1.807, 2.05) is 26.8 Å². The van der Waals surface area contributed by atoms with Crippen LogP contribution in [0.5, 0.6) is 0 Å². The first-order valence-electron chi connectivity index (χ1n) is 4.36. The first-order valence-corrected chi connectivity index (χ1v) is 4.74. The first-order chi connectivity index (χ1) is 6.27. The Labute approximate surface area is 82.9 Å². The number of aromatic nitrogens is 2. The molecular weight excluding hydrogens is 184 g/mol. The van der Waals surface area contributed by atoms with E-state index in [0.29, 0.717) is 5.02 Å². The third-order valence-electron chi connectivity index (χ3n) is 1.63. The second-order valence-electron chi connectivity index (χ2n) is 2.53. The zero-order valence-corrected chi connectivity index (χ0v) is 8.81. The number of fused-ring (bicyclic) bond motifs is 1. The molecule has 3 heteroatoms. The number of nitrogens with zero attached hydrogens (tertiary/aromatic N) is 1. The van der Waals surface area contributed by atoms with Crippen LogP contribution in [0.2, 0.25) is 5.02 Å². The molecule has 2 nitrogen and oxygen atoms in total. The molecule has 0 bridgehead atoms. The molecular formula is C10H13ClN2. The van der Waals surface area contributed by atoms with Gasteiger partial charge in [0.15, 0.2) is 0 Å². The van der Waals surface area contributed by atoms with Crippen molar-refractivity contribution in [1.82, 2.24) is 9.97 Å². The molecule has 0 aromatic carbocycles. The molecule has 0 fully saturated rings. The van der Waals surface area contributed by atoms with Crippen molar-refractivity contribution in [2.75, 3.05) is 0 Å². The Balaban J connectivity index is 0.000000396. The summed E-state index contributed by atoms with van der Waals surface area (Å²) in [5, 5.41) is 1.74. The van der Waals surface area contributed by atoms with Crippen LogP contribution in [-0.2, 0) is 0 Å². The summed E-state index contributed by atoms with van der Waals surface area (Å²) in [7, 11) is 0. The van der Waals surface area contributed by atoms with Gasteiger partial charge >= 0.3 is 0 Å². The molecule has 2 aromatic heterocycles. The number of halogens is 1. The fourth-order valence-electron chi connectivity index (χ4n) is 1.16. The molecule has 0 aliphatic carbocycles. The highest BCUT2D eigenvalue weighted by molar-refractivity contribution is 6.35. The molecule has 0 saturated heterocycles. The van der Waals surface area contributed by atoms with Crippen LogP contribution in [0.25, 0.3) is 10.9 Å². The van der Waals surface area contributed by atoms with Gasteiger partial charge in [-0.2, -0.15) is 0 Å². The minimum absolute atomic E-state index is 0.701. The lowest BCUT2D eigenvalue weighted by atomic mass is 10.3. The van der Waals surface area contributed by atoms with Crippen LogP contribution < -0.4 is 0 Å². The molecule has 0 spiro atoms. The second-order valence-corrected chi connectivity index (χ2v) is 2.94. The number of hydrogen-bond acceptors (Lipinski definition) is 1. The van der Waals surface area contributed by atoms with Gasteiger partial charge in [-0.15, -0.1) is 0 Å². The topological polar surface area (TPSA) is 28.7 Å². The predicted molar refractivity (Wildman–Crippen MR) is 57.2 cm³/mol. The molecule has 1 N–H and O–H groups in total. The van der Waals surface area contributed by atoms with Crippen molar-refractivity contribution in [1.29, 1.82) is 0 Å². The van der Waals surface area contributed by atoms with Crippen molar-refractivity contribution >= 4 is 22.5 Å². The van der Waals surface area contributed by atoms with Crippen molar-refractivity contribution in [2.24, 2.45) is 0 Å². The summed E-state index contributed by atoms with van der Waals surface area (Å²) < 4.78 is 0. The lowest BCUT2D eigenvalue weighted by molar-refractivity contribution is 1.28. The van der Waals surface area contributed by atoms with E-state index in [2.05, 4.69) is 9.97 Å². The number of nitrogens with one attached hydrogen (secondary N) is 1. The molecule has 2 heterocycles. The van der Waals surface area contributed by atoms with Gasteiger partial charge in [0.1, 0.15) is 0 Å². The highest BCUT2D eigenvalue weighted by Crippen LogP contribution is 2.21. The average Bonchev–Trinajstić information content (AvgIpc) is 2.51. The Morgan fingerprint density at radius 1 is 1.31 bits per heavy atom. The molecule has 0 aliphatic rings. The summed E-state index contributed by atoms with van der Waals surface area (Å²) in [6, 6.07) is 2.01. The lowest BCUT2D eigenvalue weighted by Crippen LogP contribution is -1.72. The maximum Gasteiger partial charge on any atom is 0.0683 e. The Morgan fingerprint density at radius 3 is 2.62 bits per heavy atom. The number of H-pyrrole nitrogens is 1. The van der Waals surface area contributed by atoms with E-state index < -0.39 is 0 Å². The smallest absolute Gasteiger partial charge is 0.0683 e. The highest BCUT2D eigenvalue weighted by Gasteiger charge is 2.00. The fraction of sp³-hybridized carbons (Fsp3) is 0.300. The molecule has 0 atom stereocenters. The van der Waals surface area contributed by atoms with Crippen LogP contribution in [0.3, 0.4) is 0 Å². The van der Waals surface area contributed by atoms with Gasteiger partial charge in [-0.1, -0.05) is 25.4 Å². The number of aryl methyl sites for hydroxylation is 1. The van der Waals surface area contributed by atoms with E-state index in [-0.39, 0.29) is 0 Å². The molecule has 13 heavy (non-hydrogen) atoms. The molecule has 0 amide bonds. The molecule has 0 saturated carbocycles. The summed E-state index contributed by atoms with van der Waals surface area (Å²) in [5.74, 6) is 0. The SMILES string of the molecule is CC.Cc1cc2c(Cl)cncc2[nH]1. The van der Waals surface area contributed by atoms with Gasteiger partial charge in [0, 0.05) is 17.3 Å². The first kappa shape index (κ1) is 10.1. The summed E-state index contributed by atoms with van der Waals surface area (Å²) in [6.07, 6.45) is 3.42. The Bertz CT molecular complexity index is 393. The summed E-state index contributed by atoms with van der Waals surface area (Å²) >= 11 is 5.89. The van der Waals surface area contributed by atoms with E-state index in [1.54, 1.807) is 12.4 Å². The van der Waals surface area contributed by atoms with Crippen LogP contribution in [0, 0.1) is 6.92 Å². The molecule has 70 valence electrons. The number of pyridine rings is 1. The van der Waals surface area contributed by atoms with E-state index >= 15 is 0 Å². The van der Waals surface area contributed by atoms with Gasteiger partial charge in [-0.05, 0) is 13.0 Å². The minimum Gasteiger partial charge on any atom is -0.357 e. The highest BCUT2D eigenvalue weighted by atomic mass is 35.5. The third kappa shape index (κ3) is 2.01. The van der Waals surface area contributed by atoms with Crippen LogP contribution in [0.15, 0.2) is 18.5 Å². The predicted octanol–water partition coefficient (Wildman–Crippen LogP) is 3.55. The molecule has 2 aromatic rings. The summed E-state index contributed by atoms with van der Waals surface area (Å²) in [4.78, 5) is 7.11. The van der Waals surface area contributed by atoms with Gasteiger partial charge in [-0.25, -0.2) is 0 Å². The maximum atomic E-state index is 5.89. The normalized spacial score (nSPS) is 9.54.